The lowest BCUT2D eigenvalue weighted by Crippen LogP contribution is -1.99. The SMILES string of the molecule is CCOC(=O)C#Cc1ncccc1Cl. The summed E-state index contributed by atoms with van der Waals surface area (Å²) >= 11 is 5.77. The van der Waals surface area contributed by atoms with Crippen LogP contribution in [0.25, 0.3) is 0 Å². The molecule has 14 heavy (non-hydrogen) atoms. The van der Waals surface area contributed by atoms with E-state index in [0.717, 1.165) is 0 Å². The molecule has 0 aliphatic rings. The Hall–Kier alpha value is -1.53. The number of pyridine rings is 1. The van der Waals surface area contributed by atoms with Gasteiger partial charge < -0.3 is 4.74 Å². The molecule has 72 valence electrons. The van der Waals surface area contributed by atoms with Gasteiger partial charge in [-0.2, -0.15) is 0 Å². The summed E-state index contributed by atoms with van der Waals surface area (Å²) in [4.78, 5) is 14.8. The molecule has 0 saturated carbocycles. The standard InChI is InChI=1S/C10H8ClNO2/c1-2-14-10(13)6-5-9-8(11)4-3-7-12-9/h3-4,7H,2H2,1H3. The second-order valence-electron chi connectivity index (χ2n) is 2.30. The molecule has 0 saturated heterocycles. The Balaban J connectivity index is 2.77. The third kappa shape index (κ3) is 3.08. The molecule has 0 amide bonds. The van der Waals surface area contributed by atoms with E-state index in [9.17, 15) is 4.79 Å². The summed E-state index contributed by atoms with van der Waals surface area (Å²) in [7, 11) is 0. The van der Waals surface area contributed by atoms with Crippen LogP contribution < -0.4 is 0 Å². The number of ether oxygens (including phenoxy) is 1. The number of halogens is 1. The summed E-state index contributed by atoms with van der Waals surface area (Å²) in [6.07, 6.45) is 1.56. The number of rotatable bonds is 1. The van der Waals surface area contributed by atoms with Crippen molar-refractivity contribution in [2.24, 2.45) is 0 Å². The number of hydrogen-bond acceptors (Lipinski definition) is 3. The van der Waals surface area contributed by atoms with Crippen LogP contribution in [-0.4, -0.2) is 17.6 Å². The van der Waals surface area contributed by atoms with Crippen LogP contribution in [0.3, 0.4) is 0 Å². The third-order valence-corrected chi connectivity index (χ3v) is 1.62. The molecular formula is C10H8ClNO2. The van der Waals surface area contributed by atoms with Gasteiger partial charge >= 0.3 is 5.97 Å². The van der Waals surface area contributed by atoms with Crippen LogP contribution in [0, 0.1) is 11.8 Å². The van der Waals surface area contributed by atoms with Gasteiger partial charge in [0.25, 0.3) is 0 Å². The predicted octanol–water partition coefficient (Wildman–Crippen LogP) is 1.65. The van der Waals surface area contributed by atoms with Crippen LogP contribution in [0.4, 0.5) is 0 Å². The van der Waals surface area contributed by atoms with E-state index in [1.54, 1.807) is 25.3 Å². The predicted molar refractivity (Wildman–Crippen MR) is 52.8 cm³/mol. The Morgan fingerprint density at radius 1 is 1.71 bits per heavy atom. The van der Waals surface area contributed by atoms with Gasteiger partial charge in [-0.05, 0) is 25.0 Å². The van der Waals surface area contributed by atoms with E-state index in [0.29, 0.717) is 17.3 Å². The highest BCUT2D eigenvalue weighted by Gasteiger charge is 1.97. The van der Waals surface area contributed by atoms with Crippen molar-refractivity contribution in [2.75, 3.05) is 6.61 Å². The smallest absolute Gasteiger partial charge is 0.384 e. The van der Waals surface area contributed by atoms with Crippen LogP contribution in [0.15, 0.2) is 18.3 Å². The van der Waals surface area contributed by atoms with Crippen LogP contribution in [0.5, 0.6) is 0 Å². The Kier molecular flexibility index (Phi) is 3.96. The molecule has 0 unspecified atom stereocenters. The van der Waals surface area contributed by atoms with Crippen LogP contribution in [-0.2, 0) is 9.53 Å². The average molecular weight is 210 g/mol. The molecule has 0 fully saturated rings. The summed E-state index contributed by atoms with van der Waals surface area (Å²) in [6, 6.07) is 3.35. The maximum Gasteiger partial charge on any atom is 0.384 e. The van der Waals surface area contributed by atoms with Crippen molar-refractivity contribution in [3.05, 3.63) is 29.0 Å². The summed E-state index contributed by atoms with van der Waals surface area (Å²) < 4.78 is 4.62. The van der Waals surface area contributed by atoms with E-state index in [2.05, 4.69) is 21.6 Å². The molecule has 1 aromatic heterocycles. The number of hydrogen-bond donors (Lipinski definition) is 0. The van der Waals surface area contributed by atoms with Gasteiger partial charge in [0.15, 0.2) is 0 Å². The molecule has 4 heteroatoms. The highest BCUT2D eigenvalue weighted by Crippen LogP contribution is 2.09. The zero-order chi connectivity index (χ0) is 10.4. The molecule has 0 spiro atoms. The van der Waals surface area contributed by atoms with Gasteiger partial charge in [0.05, 0.1) is 11.6 Å². The highest BCUT2D eigenvalue weighted by atomic mass is 35.5. The number of esters is 1. The van der Waals surface area contributed by atoms with Crippen molar-refractivity contribution < 1.29 is 9.53 Å². The lowest BCUT2D eigenvalue weighted by Gasteiger charge is -1.92. The average Bonchev–Trinajstić information content (AvgIpc) is 2.17. The van der Waals surface area contributed by atoms with E-state index in [1.807, 2.05) is 0 Å². The van der Waals surface area contributed by atoms with E-state index in [4.69, 9.17) is 11.6 Å². The zero-order valence-electron chi connectivity index (χ0n) is 7.58. The number of nitrogens with zero attached hydrogens (tertiary/aromatic N) is 1. The number of carbonyl (C=O) groups is 1. The summed E-state index contributed by atoms with van der Waals surface area (Å²) in [6.45, 7) is 2.02. The minimum absolute atomic E-state index is 0.309. The third-order valence-electron chi connectivity index (χ3n) is 1.32. The van der Waals surface area contributed by atoms with Gasteiger partial charge in [-0.25, -0.2) is 9.78 Å². The first-order valence-electron chi connectivity index (χ1n) is 4.03. The van der Waals surface area contributed by atoms with Crippen LogP contribution in [0.1, 0.15) is 12.6 Å². The molecular weight excluding hydrogens is 202 g/mol. The fraction of sp³-hybridized carbons (Fsp3) is 0.200. The molecule has 0 aliphatic heterocycles. The minimum atomic E-state index is -0.575. The number of aromatic nitrogens is 1. The molecule has 1 heterocycles. The topological polar surface area (TPSA) is 39.2 Å². The summed E-state index contributed by atoms with van der Waals surface area (Å²) in [5.41, 5.74) is 0.377. The second kappa shape index (κ2) is 5.25. The Labute approximate surface area is 87.1 Å². The van der Waals surface area contributed by atoms with E-state index in [1.165, 1.54) is 0 Å². The van der Waals surface area contributed by atoms with Crippen molar-refractivity contribution in [1.82, 2.24) is 4.98 Å². The van der Waals surface area contributed by atoms with E-state index in [-0.39, 0.29) is 0 Å². The monoisotopic (exact) mass is 209 g/mol. The van der Waals surface area contributed by atoms with Crippen molar-refractivity contribution in [2.45, 2.75) is 6.92 Å². The lowest BCUT2D eigenvalue weighted by atomic mass is 10.3. The second-order valence-corrected chi connectivity index (χ2v) is 2.71. The first-order chi connectivity index (χ1) is 6.74. The maximum absolute atomic E-state index is 10.9. The first-order valence-corrected chi connectivity index (χ1v) is 4.41. The fourth-order valence-corrected chi connectivity index (χ4v) is 0.924. The maximum atomic E-state index is 10.9. The van der Waals surface area contributed by atoms with Crippen molar-refractivity contribution in [3.8, 4) is 11.8 Å². The Morgan fingerprint density at radius 3 is 3.14 bits per heavy atom. The largest absolute Gasteiger partial charge is 0.456 e. The molecule has 0 N–H and O–H groups in total. The highest BCUT2D eigenvalue weighted by molar-refractivity contribution is 6.31. The first kappa shape index (κ1) is 10.6. The summed E-state index contributed by atoms with van der Waals surface area (Å²) in [5, 5.41) is 0.421. The Bertz CT molecular complexity index is 393. The van der Waals surface area contributed by atoms with Crippen LogP contribution in [0.2, 0.25) is 5.02 Å². The molecule has 0 aliphatic carbocycles. The van der Waals surface area contributed by atoms with E-state index >= 15 is 0 Å². The van der Waals surface area contributed by atoms with Gasteiger partial charge in [-0.15, -0.1) is 0 Å². The summed E-state index contributed by atoms with van der Waals surface area (Å²) in [5.74, 6) is 4.24. The fourth-order valence-electron chi connectivity index (χ4n) is 0.755. The molecule has 0 aromatic carbocycles. The lowest BCUT2D eigenvalue weighted by molar-refractivity contribution is -0.136. The van der Waals surface area contributed by atoms with E-state index < -0.39 is 5.97 Å². The molecule has 0 radical (unpaired) electrons. The van der Waals surface area contributed by atoms with Crippen molar-refractivity contribution in [1.29, 1.82) is 0 Å². The molecule has 3 nitrogen and oxygen atoms in total. The molecule has 0 bridgehead atoms. The quantitative estimate of drug-likeness (QED) is 0.522. The van der Waals surface area contributed by atoms with Gasteiger partial charge in [0.1, 0.15) is 5.69 Å². The van der Waals surface area contributed by atoms with Crippen LogP contribution >= 0.6 is 11.6 Å². The molecule has 1 rings (SSSR count). The molecule has 1 aromatic rings. The van der Waals surface area contributed by atoms with Gasteiger partial charge in [0, 0.05) is 12.1 Å². The zero-order valence-corrected chi connectivity index (χ0v) is 8.34. The minimum Gasteiger partial charge on any atom is -0.456 e. The normalized spacial score (nSPS) is 8.71. The van der Waals surface area contributed by atoms with Crippen molar-refractivity contribution >= 4 is 17.6 Å². The number of carbonyl (C=O) groups excluding carboxylic acids is 1. The van der Waals surface area contributed by atoms with Gasteiger partial charge in [0.2, 0.25) is 0 Å². The molecule has 0 atom stereocenters. The van der Waals surface area contributed by atoms with Gasteiger partial charge in [-0.1, -0.05) is 11.6 Å². The van der Waals surface area contributed by atoms with Gasteiger partial charge in [-0.3, -0.25) is 0 Å². The Morgan fingerprint density at radius 2 is 2.50 bits per heavy atom. The van der Waals surface area contributed by atoms with Crippen molar-refractivity contribution in [3.63, 3.8) is 0 Å².